The first-order valence-electron chi connectivity index (χ1n) is 8.33. The van der Waals surface area contributed by atoms with Crippen LogP contribution in [0.3, 0.4) is 0 Å². The number of aliphatic hydroxyl groups is 1. The van der Waals surface area contributed by atoms with Crippen LogP contribution in [0.4, 0.5) is 10.3 Å². The zero-order valence-corrected chi connectivity index (χ0v) is 14.1. The molecule has 2 aromatic heterocycles. The van der Waals surface area contributed by atoms with Gasteiger partial charge in [0, 0.05) is 6.54 Å². The highest BCUT2D eigenvalue weighted by Gasteiger charge is 2.13. The van der Waals surface area contributed by atoms with Gasteiger partial charge >= 0.3 is 0 Å². The fourth-order valence-corrected chi connectivity index (χ4v) is 2.76. The number of nitrogens with one attached hydrogen (secondary N) is 2. The summed E-state index contributed by atoms with van der Waals surface area (Å²) in [4.78, 5) is 19.3. The highest BCUT2D eigenvalue weighted by molar-refractivity contribution is 5.76. The van der Waals surface area contributed by atoms with Crippen LogP contribution in [0.25, 0.3) is 16.7 Å². The first kappa shape index (κ1) is 16.9. The second-order valence-electron chi connectivity index (χ2n) is 5.99. The first-order chi connectivity index (χ1) is 13.1. The summed E-state index contributed by atoms with van der Waals surface area (Å²) in [6.07, 6.45) is 0.580. The quantitative estimate of drug-likeness (QED) is 0.505. The number of aliphatic hydroxyl groups excluding tert-OH is 1. The summed E-state index contributed by atoms with van der Waals surface area (Å²) in [5, 5.41) is 17.7. The van der Waals surface area contributed by atoms with Gasteiger partial charge in [0.1, 0.15) is 11.2 Å². The van der Waals surface area contributed by atoms with Gasteiger partial charge in [0.15, 0.2) is 5.65 Å². The molecule has 8 heteroatoms. The zero-order chi connectivity index (χ0) is 18.8. The normalized spacial score (nSPS) is 12.2. The SMILES string of the molecule is O=c1[nH]c(NCC(O)c2ccc(F)cc2)nc2c1cnn2-c1ccccc1. The molecule has 27 heavy (non-hydrogen) atoms. The maximum Gasteiger partial charge on any atom is 0.263 e. The number of rotatable bonds is 5. The van der Waals surface area contributed by atoms with Crippen molar-refractivity contribution in [2.75, 3.05) is 11.9 Å². The van der Waals surface area contributed by atoms with Gasteiger partial charge in [0.05, 0.1) is 18.0 Å². The average molecular weight is 365 g/mol. The largest absolute Gasteiger partial charge is 0.387 e. The predicted octanol–water partition coefficient (Wildman–Crippen LogP) is 2.39. The zero-order valence-electron chi connectivity index (χ0n) is 14.1. The average Bonchev–Trinajstić information content (AvgIpc) is 3.12. The lowest BCUT2D eigenvalue weighted by molar-refractivity contribution is 0.191. The van der Waals surface area contributed by atoms with E-state index in [0.717, 1.165) is 5.69 Å². The number of halogens is 1. The van der Waals surface area contributed by atoms with Crippen LogP contribution in [0, 0.1) is 5.82 Å². The van der Waals surface area contributed by atoms with E-state index in [9.17, 15) is 14.3 Å². The number of benzene rings is 2. The summed E-state index contributed by atoms with van der Waals surface area (Å²) in [6, 6.07) is 14.9. The maximum atomic E-state index is 13.0. The van der Waals surface area contributed by atoms with Crippen molar-refractivity contribution in [1.82, 2.24) is 19.7 Å². The van der Waals surface area contributed by atoms with Crippen LogP contribution in [-0.4, -0.2) is 31.4 Å². The summed E-state index contributed by atoms with van der Waals surface area (Å²) in [5.74, 6) is -0.157. The van der Waals surface area contributed by atoms with E-state index in [-0.39, 0.29) is 23.9 Å². The molecule has 4 rings (SSSR count). The molecule has 1 atom stereocenters. The second-order valence-corrected chi connectivity index (χ2v) is 5.99. The Kier molecular flexibility index (Phi) is 4.39. The van der Waals surface area contributed by atoms with Crippen LogP contribution in [0.5, 0.6) is 0 Å². The molecule has 1 unspecified atom stereocenters. The third-order valence-corrected chi connectivity index (χ3v) is 4.16. The van der Waals surface area contributed by atoms with Crippen LogP contribution in [0.15, 0.2) is 65.6 Å². The van der Waals surface area contributed by atoms with E-state index in [1.807, 2.05) is 30.3 Å². The van der Waals surface area contributed by atoms with E-state index in [4.69, 9.17) is 0 Å². The fourth-order valence-electron chi connectivity index (χ4n) is 2.76. The molecule has 0 saturated heterocycles. The minimum Gasteiger partial charge on any atom is -0.387 e. The molecule has 2 aromatic carbocycles. The monoisotopic (exact) mass is 365 g/mol. The van der Waals surface area contributed by atoms with E-state index in [2.05, 4.69) is 20.4 Å². The van der Waals surface area contributed by atoms with Crippen molar-refractivity contribution in [3.63, 3.8) is 0 Å². The van der Waals surface area contributed by atoms with Gasteiger partial charge in [-0.2, -0.15) is 10.1 Å². The highest BCUT2D eigenvalue weighted by atomic mass is 19.1. The molecule has 0 bridgehead atoms. The standard InChI is InChI=1S/C19H16FN5O2/c20-13-8-6-12(7-9-13)16(26)11-21-19-23-17-15(18(27)24-19)10-22-25(17)14-4-2-1-3-5-14/h1-10,16,26H,11H2,(H2,21,23,24,27). The van der Waals surface area contributed by atoms with Gasteiger partial charge in [-0.15, -0.1) is 0 Å². The van der Waals surface area contributed by atoms with Gasteiger partial charge in [-0.25, -0.2) is 9.07 Å². The molecule has 136 valence electrons. The van der Waals surface area contributed by atoms with Crippen molar-refractivity contribution in [2.45, 2.75) is 6.10 Å². The molecule has 7 nitrogen and oxygen atoms in total. The number of anilines is 1. The van der Waals surface area contributed by atoms with Gasteiger partial charge in [0.2, 0.25) is 5.95 Å². The van der Waals surface area contributed by atoms with Gasteiger partial charge in [-0.05, 0) is 29.8 Å². The Morgan fingerprint density at radius 2 is 1.89 bits per heavy atom. The summed E-state index contributed by atoms with van der Waals surface area (Å²) in [7, 11) is 0. The molecular formula is C19H16FN5O2. The number of hydrogen-bond acceptors (Lipinski definition) is 5. The summed E-state index contributed by atoms with van der Waals surface area (Å²) in [6.45, 7) is 0.0968. The van der Waals surface area contributed by atoms with Gasteiger partial charge < -0.3 is 10.4 Å². The van der Waals surface area contributed by atoms with Crippen LogP contribution < -0.4 is 10.9 Å². The van der Waals surface area contributed by atoms with E-state index >= 15 is 0 Å². The summed E-state index contributed by atoms with van der Waals surface area (Å²) < 4.78 is 14.6. The number of fused-ring (bicyclic) bond motifs is 1. The van der Waals surface area contributed by atoms with E-state index in [1.54, 1.807) is 4.68 Å². The molecule has 0 fully saturated rings. The van der Waals surface area contributed by atoms with Gasteiger partial charge in [0.25, 0.3) is 5.56 Å². The third-order valence-electron chi connectivity index (χ3n) is 4.16. The molecule has 2 heterocycles. The van der Waals surface area contributed by atoms with Crippen LogP contribution in [0.1, 0.15) is 11.7 Å². The predicted molar refractivity (Wildman–Crippen MR) is 99.3 cm³/mol. The Bertz CT molecular complexity index is 1120. The second kappa shape index (κ2) is 7.00. The van der Waals surface area contributed by atoms with Crippen molar-refractivity contribution in [1.29, 1.82) is 0 Å². The van der Waals surface area contributed by atoms with Crippen LogP contribution in [-0.2, 0) is 0 Å². The van der Waals surface area contributed by atoms with E-state index < -0.39 is 6.10 Å². The Morgan fingerprint density at radius 1 is 1.15 bits per heavy atom. The van der Waals surface area contributed by atoms with Crippen molar-refractivity contribution in [3.05, 3.63) is 82.5 Å². The molecule has 0 amide bonds. The third kappa shape index (κ3) is 3.42. The number of aromatic nitrogens is 4. The fraction of sp³-hybridized carbons (Fsp3) is 0.105. The minimum atomic E-state index is -0.884. The summed E-state index contributed by atoms with van der Waals surface area (Å²) in [5.41, 5.74) is 1.41. The topological polar surface area (TPSA) is 95.8 Å². The molecule has 0 aliphatic carbocycles. The Morgan fingerprint density at radius 3 is 2.63 bits per heavy atom. The molecule has 0 radical (unpaired) electrons. The molecule has 4 aromatic rings. The van der Waals surface area contributed by atoms with Crippen LogP contribution >= 0.6 is 0 Å². The Labute approximate surface area is 153 Å². The van der Waals surface area contributed by atoms with Crippen LogP contribution in [0.2, 0.25) is 0 Å². The number of nitrogens with zero attached hydrogens (tertiary/aromatic N) is 3. The molecular weight excluding hydrogens is 349 g/mol. The number of H-pyrrole nitrogens is 1. The number of para-hydroxylation sites is 1. The van der Waals surface area contributed by atoms with Gasteiger partial charge in [-0.1, -0.05) is 30.3 Å². The van der Waals surface area contributed by atoms with E-state index in [0.29, 0.717) is 16.6 Å². The Balaban J connectivity index is 1.61. The van der Waals surface area contributed by atoms with Crippen molar-refractivity contribution >= 4 is 17.0 Å². The molecule has 3 N–H and O–H groups in total. The maximum absolute atomic E-state index is 13.0. The van der Waals surface area contributed by atoms with E-state index in [1.165, 1.54) is 30.5 Å². The smallest absolute Gasteiger partial charge is 0.263 e. The molecule has 0 saturated carbocycles. The van der Waals surface area contributed by atoms with Gasteiger partial charge in [-0.3, -0.25) is 9.78 Å². The lowest BCUT2D eigenvalue weighted by Gasteiger charge is -2.12. The first-order valence-corrected chi connectivity index (χ1v) is 8.33. The lowest BCUT2D eigenvalue weighted by Crippen LogP contribution is -2.18. The van der Waals surface area contributed by atoms with Crippen molar-refractivity contribution in [3.8, 4) is 5.69 Å². The molecule has 0 spiro atoms. The highest BCUT2D eigenvalue weighted by Crippen LogP contribution is 2.16. The number of aromatic amines is 1. The van der Waals surface area contributed by atoms with Crippen molar-refractivity contribution < 1.29 is 9.50 Å². The summed E-state index contributed by atoms with van der Waals surface area (Å²) >= 11 is 0. The number of hydrogen-bond donors (Lipinski definition) is 3. The Hall–Kier alpha value is -3.52. The minimum absolute atomic E-state index is 0.0968. The molecule has 0 aliphatic heterocycles. The van der Waals surface area contributed by atoms with Crippen molar-refractivity contribution in [2.24, 2.45) is 0 Å². The molecule has 0 aliphatic rings. The lowest BCUT2D eigenvalue weighted by atomic mass is 10.1.